The zero-order chi connectivity index (χ0) is 33.1. The van der Waals surface area contributed by atoms with Gasteiger partial charge in [0.1, 0.15) is 0 Å². The van der Waals surface area contributed by atoms with Gasteiger partial charge in [-0.25, -0.2) is 4.79 Å². The zero-order valence-electron chi connectivity index (χ0n) is 28.7. The summed E-state index contributed by atoms with van der Waals surface area (Å²) in [5.41, 5.74) is 3.23. The molecule has 0 spiro atoms. The van der Waals surface area contributed by atoms with E-state index >= 15 is 0 Å². The summed E-state index contributed by atoms with van der Waals surface area (Å²) in [6.07, 6.45) is 13.9. The van der Waals surface area contributed by atoms with Crippen molar-refractivity contribution in [3.05, 3.63) is 41.5 Å². The number of carbonyl (C=O) groups is 3. The first kappa shape index (κ1) is 33.2. The summed E-state index contributed by atoms with van der Waals surface area (Å²) < 4.78 is 0. The molecule has 7 nitrogen and oxygen atoms in total. The molecular formula is C39H56N2O5. The number of benzene rings is 1. The second-order valence-corrected chi connectivity index (χ2v) is 16.9. The highest BCUT2D eigenvalue weighted by Gasteiger charge is 2.70. The molecule has 8 atom stereocenters. The summed E-state index contributed by atoms with van der Waals surface area (Å²) in [4.78, 5) is 36.2. The number of nitrogens with one attached hydrogen (secondary N) is 2. The molecule has 0 aliphatic heterocycles. The van der Waals surface area contributed by atoms with Crippen molar-refractivity contribution in [2.45, 2.75) is 105 Å². The lowest BCUT2D eigenvalue weighted by Gasteiger charge is -2.72. The normalized spacial score (nSPS) is 39.2. The summed E-state index contributed by atoms with van der Waals surface area (Å²) >= 11 is 0. The van der Waals surface area contributed by atoms with Gasteiger partial charge in [-0.3, -0.25) is 9.59 Å². The van der Waals surface area contributed by atoms with E-state index in [4.69, 9.17) is 5.11 Å². The molecule has 0 saturated heterocycles. The molecule has 7 heteroatoms. The van der Waals surface area contributed by atoms with Crippen LogP contribution < -0.4 is 10.6 Å². The molecule has 4 saturated carbocycles. The van der Waals surface area contributed by atoms with Crippen LogP contribution in [0, 0.1) is 50.7 Å². The maximum Gasteiger partial charge on any atom is 0.335 e. The maximum absolute atomic E-state index is 13.9. The Morgan fingerprint density at radius 3 is 2.22 bits per heavy atom. The molecule has 0 bridgehead atoms. The first-order valence-corrected chi connectivity index (χ1v) is 18.0. The molecule has 5 aliphatic carbocycles. The van der Waals surface area contributed by atoms with E-state index in [0.29, 0.717) is 48.9 Å². The number of rotatable bonds is 9. The Labute approximate surface area is 275 Å². The Bertz CT molecular complexity index is 1400. The third kappa shape index (κ3) is 4.97. The second-order valence-electron chi connectivity index (χ2n) is 16.9. The van der Waals surface area contributed by atoms with Crippen molar-refractivity contribution in [2.75, 3.05) is 19.6 Å². The summed E-state index contributed by atoms with van der Waals surface area (Å²) in [5.74, 6) is 0.749. The van der Waals surface area contributed by atoms with Gasteiger partial charge in [-0.05, 0) is 126 Å². The summed E-state index contributed by atoms with van der Waals surface area (Å²) in [6.45, 7) is 14.3. The Kier molecular flexibility index (Phi) is 8.52. The van der Waals surface area contributed by atoms with Gasteiger partial charge in [0, 0.05) is 19.6 Å². The molecule has 46 heavy (non-hydrogen) atoms. The van der Waals surface area contributed by atoms with Gasteiger partial charge in [0.25, 0.3) is 0 Å². The highest BCUT2D eigenvalue weighted by Crippen LogP contribution is 2.77. The van der Waals surface area contributed by atoms with Gasteiger partial charge in [0.05, 0.1) is 17.4 Å². The number of carbonyl (C=O) groups excluding carboxylic acids is 1. The monoisotopic (exact) mass is 632 g/mol. The molecule has 1 amide bonds. The van der Waals surface area contributed by atoms with Gasteiger partial charge in [-0.15, -0.1) is 0 Å². The number of hydrogen-bond acceptors (Lipinski definition) is 4. The molecule has 252 valence electrons. The van der Waals surface area contributed by atoms with Crippen LogP contribution in [-0.2, 0) is 9.59 Å². The van der Waals surface area contributed by atoms with E-state index in [2.05, 4.69) is 51.3 Å². The standard InChI is InChI=1S/C39H56N2O5/c1-35(2)27(25-8-10-26(11-9-25)33(44)45)14-18-36(3)30(35)15-19-38(5)31(36)13-12-28-29-7-6-17-39(29,21-20-37(28,38)4)34(46)41-24-23-40-22-16-32(42)43/h8-11,14,28-31,40H,6-7,12-13,15-24H2,1-5H3,(H,41,46)(H,42,43)(H,44,45)/t28-,29-,30+,31-,36+,37-,38-,39+/m1/s1. The van der Waals surface area contributed by atoms with Crippen LogP contribution in [0.1, 0.15) is 121 Å². The van der Waals surface area contributed by atoms with Crippen LogP contribution >= 0.6 is 0 Å². The Balaban J connectivity index is 1.21. The van der Waals surface area contributed by atoms with Gasteiger partial charge in [-0.1, -0.05) is 59.2 Å². The highest BCUT2D eigenvalue weighted by molar-refractivity contribution is 5.88. The van der Waals surface area contributed by atoms with E-state index < -0.39 is 11.9 Å². The molecule has 1 aromatic rings. The molecule has 5 aliphatic rings. The number of allylic oxidation sites excluding steroid dienone is 2. The minimum absolute atomic E-state index is 0.00936. The van der Waals surface area contributed by atoms with Gasteiger partial charge in [0.15, 0.2) is 0 Å². The van der Waals surface area contributed by atoms with Gasteiger partial charge >= 0.3 is 11.9 Å². The second kappa shape index (κ2) is 11.8. The summed E-state index contributed by atoms with van der Waals surface area (Å²) in [7, 11) is 0. The Morgan fingerprint density at radius 1 is 0.783 bits per heavy atom. The van der Waals surface area contributed by atoms with E-state index in [1.165, 1.54) is 31.3 Å². The largest absolute Gasteiger partial charge is 0.481 e. The number of aliphatic carboxylic acids is 1. The van der Waals surface area contributed by atoms with Crippen LogP contribution in [0.5, 0.6) is 0 Å². The van der Waals surface area contributed by atoms with Gasteiger partial charge in [-0.2, -0.15) is 0 Å². The van der Waals surface area contributed by atoms with Gasteiger partial charge < -0.3 is 20.8 Å². The number of carboxylic acid groups (broad SMARTS) is 2. The minimum Gasteiger partial charge on any atom is -0.481 e. The van der Waals surface area contributed by atoms with E-state index in [1.807, 2.05) is 12.1 Å². The Morgan fingerprint density at radius 2 is 1.52 bits per heavy atom. The lowest BCUT2D eigenvalue weighted by molar-refractivity contribution is -0.222. The smallest absolute Gasteiger partial charge is 0.335 e. The minimum atomic E-state index is -0.882. The van der Waals surface area contributed by atoms with Crippen molar-refractivity contribution in [3.8, 4) is 0 Å². The topological polar surface area (TPSA) is 116 Å². The van der Waals surface area contributed by atoms with Crippen LogP contribution in [0.15, 0.2) is 30.3 Å². The first-order chi connectivity index (χ1) is 21.7. The van der Waals surface area contributed by atoms with Crippen molar-refractivity contribution >= 4 is 23.4 Å². The third-order valence-corrected chi connectivity index (χ3v) is 14.9. The van der Waals surface area contributed by atoms with Crippen molar-refractivity contribution in [2.24, 2.45) is 50.7 Å². The average molecular weight is 633 g/mol. The SMILES string of the molecule is CC1(C)C(c2ccc(C(=O)O)cc2)=CC[C@]2(C)[C@H]3CC[C@@H]4[C@H]5CCC[C@]5(C(=O)NCCNCCC(=O)O)CC[C@@]4(C)[C@]3(C)CC[C@@H]12. The number of carboxylic acids is 2. The molecule has 0 aromatic heterocycles. The lowest BCUT2D eigenvalue weighted by atomic mass is 9.32. The predicted molar refractivity (Wildman–Crippen MR) is 180 cm³/mol. The van der Waals surface area contributed by atoms with E-state index in [-0.39, 0.29) is 39.4 Å². The molecule has 1 aromatic carbocycles. The molecule has 4 fully saturated rings. The van der Waals surface area contributed by atoms with Gasteiger partial charge in [0.2, 0.25) is 5.91 Å². The van der Waals surface area contributed by atoms with E-state index in [0.717, 1.165) is 44.1 Å². The maximum atomic E-state index is 13.9. The van der Waals surface area contributed by atoms with Crippen molar-refractivity contribution in [1.82, 2.24) is 10.6 Å². The van der Waals surface area contributed by atoms with E-state index in [9.17, 15) is 19.5 Å². The third-order valence-electron chi connectivity index (χ3n) is 14.9. The molecule has 0 radical (unpaired) electrons. The molecule has 0 unspecified atom stereocenters. The highest BCUT2D eigenvalue weighted by atomic mass is 16.4. The zero-order valence-corrected chi connectivity index (χ0v) is 28.7. The van der Waals surface area contributed by atoms with Crippen molar-refractivity contribution in [1.29, 1.82) is 0 Å². The van der Waals surface area contributed by atoms with E-state index in [1.54, 1.807) is 12.1 Å². The molecule has 4 N–H and O–H groups in total. The lowest BCUT2D eigenvalue weighted by Crippen LogP contribution is -2.66. The fraction of sp³-hybridized carbons (Fsp3) is 0.718. The fourth-order valence-corrected chi connectivity index (χ4v) is 12.6. The molecule has 0 heterocycles. The number of hydrogen-bond donors (Lipinski definition) is 4. The first-order valence-electron chi connectivity index (χ1n) is 18.0. The van der Waals surface area contributed by atoms with Crippen LogP contribution in [0.2, 0.25) is 0 Å². The number of fused-ring (bicyclic) bond motifs is 7. The fourth-order valence-electron chi connectivity index (χ4n) is 12.6. The molecular weight excluding hydrogens is 576 g/mol. The van der Waals surface area contributed by atoms with Crippen LogP contribution in [0.25, 0.3) is 5.57 Å². The Hall–Kier alpha value is -2.67. The average Bonchev–Trinajstić information content (AvgIpc) is 3.44. The van der Waals surface area contributed by atoms with Crippen LogP contribution in [0.3, 0.4) is 0 Å². The summed E-state index contributed by atoms with van der Waals surface area (Å²) in [6, 6.07) is 7.49. The number of aromatic carboxylic acids is 1. The molecule has 6 rings (SSSR count). The van der Waals surface area contributed by atoms with Crippen molar-refractivity contribution < 1.29 is 24.6 Å². The quantitative estimate of drug-likeness (QED) is 0.211. The number of amides is 1. The summed E-state index contributed by atoms with van der Waals surface area (Å²) in [5, 5.41) is 24.7. The predicted octanol–water partition coefficient (Wildman–Crippen LogP) is 7.41. The van der Waals surface area contributed by atoms with Crippen LogP contribution in [-0.4, -0.2) is 47.7 Å². The van der Waals surface area contributed by atoms with Crippen molar-refractivity contribution in [3.63, 3.8) is 0 Å². The van der Waals surface area contributed by atoms with Crippen LogP contribution in [0.4, 0.5) is 0 Å².